The Labute approximate surface area is 165 Å². The van der Waals surface area contributed by atoms with Crippen molar-refractivity contribution in [3.63, 3.8) is 0 Å². The molecule has 0 N–H and O–H groups in total. The summed E-state index contributed by atoms with van der Waals surface area (Å²) in [5, 5.41) is 9.59. The van der Waals surface area contributed by atoms with Crippen LogP contribution in [0.4, 0.5) is 5.95 Å². The largest absolute Gasteiger partial charge is 0.349 e. The molecule has 0 spiro atoms. The number of aromatic nitrogens is 3. The maximum absolute atomic E-state index is 12.9. The number of nitriles is 1. The molecule has 3 heterocycles. The number of rotatable bonds is 5. The molecule has 3 rings (SSSR count). The van der Waals surface area contributed by atoms with Crippen molar-refractivity contribution in [3.05, 3.63) is 47.1 Å². The van der Waals surface area contributed by atoms with Crippen molar-refractivity contribution in [2.24, 2.45) is 0 Å². The SMILES string of the molecule is CCCn1c(C)cc(/C=C(\C#N)C(=O)N2CCN(c3ncccn3)CC2)c1C. The Morgan fingerprint density at radius 2 is 1.89 bits per heavy atom. The highest BCUT2D eigenvalue weighted by molar-refractivity contribution is 6.02. The molecular formula is C21H26N6O. The second kappa shape index (κ2) is 8.70. The van der Waals surface area contributed by atoms with E-state index < -0.39 is 0 Å². The zero-order valence-corrected chi connectivity index (χ0v) is 16.7. The van der Waals surface area contributed by atoms with Crippen LogP contribution in [0.25, 0.3) is 6.08 Å². The fourth-order valence-corrected chi connectivity index (χ4v) is 3.57. The van der Waals surface area contributed by atoms with Crippen LogP contribution in [0.15, 0.2) is 30.1 Å². The van der Waals surface area contributed by atoms with Crippen LogP contribution in [0.2, 0.25) is 0 Å². The summed E-state index contributed by atoms with van der Waals surface area (Å²) in [7, 11) is 0. The van der Waals surface area contributed by atoms with Crippen LogP contribution in [0, 0.1) is 25.2 Å². The minimum absolute atomic E-state index is 0.182. The van der Waals surface area contributed by atoms with Gasteiger partial charge < -0.3 is 14.4 Å². The summed E-state index contributed by atoms with van der Waals surface area (Å²) in [4.78, 5) is 25.2. The molecule has 0 unspecified atom stereocenters. The smallest absolute Gasteiger partial charge is 0.264 e. The molecule has 0 bridgehead atoms. The number of nitrogens with zero attached hydrogens (tertiary/aromatic N) is 6. The molecule has 146 valence electrons. The quantitative estimate of drug-likeness (QED) is 0.590. The lowest BCUT2D eigenvalue weighted by Gasteiger charge is -2.34. The van der Waals surface area contributed by atoms with Crippen molar-refractivity contribution in [2.75, 3.05) is 31.1 Å². The van der Waals surface area contributed by atoms with E-state index in [0.717, 1.165) is 29.9 Å². The summed E-state index contributed by atoms with van der Waals surface area (Å²) in [6.07, 6.45) is 6.19. The molecule has 7 heteroatoms. The highest BCUT2D eigenvalue weighted by Crippen LogP contribution is 2.20. The number of hydrogen-bond donors (Lipinski definition) is 0. The Hall–Kier alpha value is -3.14. The Morgan fingerprint density at radius 3 is 2.50 bits per heavy atom. The molecule has 0 radical (unpaired) electrons. The highest BCUT2D eigenvalue weighted by Gasteiger charge is 2.25. The van der Waals surface area contributed by atoms with Gasteiger partial charge in [-0.1, -0.05) is 6.92 Å². The summed E-state index contributed by atoms with van der Waals surface area (Å²) in [6.45, 7) is 9.56. The van der Waals surface area contributed by atoms with Crippen molar-refractivity contribution in [1.82, 2.24) is 19.4 Å². The Balaban J connectivity index is 1.72. The van der Waals surface area contributed by atoms with Gasteiger partial charge in [-0.2, -0.15) is 5.26 Å². The maximum Gasteiger partial charge on any atom is 0.264 e. The molecule has 0 aromatic carbocycles. The van der Waals surface area contributed by atoms with Gasteiger partial charge in [-0.05, 0) is 44.0 Å². The molecule has 0 saturated carbocycles. The van der Waals surface area contributed by atoms with Gasteiger partial charge in [0, 0.05) is 56.5 Å². The third kappa shape index (κ3) is 4.06. The maximum atomic E-state index is 12.9. The van der Waals surface area contributed by atoms with E-state index in [-0.39, 0.29) is 11.5 Å². The zero-order valence-electron chi connectivity index (χ0n) is 16.7. The van der Waals surface area contributed by atoms with Gasteiger partial charge in [0.2, 0.25) is 5.95 Å². The zero-order chi connectivity index (χ0) is 20.1. The summed E-state index contributed by atoms with van der Waals surface area (Å²) >= 11 is 0. The molecule has 1 aliphatic heterocycles. The third-order valence-electron chi connectivity index (χ3n) is 5.11. The molecule has 1 saturated heterocycles. The average molecular weight is 378 g/mol. The number of aryl methyl sites for hydroxylation is 1. The van der Waals surface area contributed by atoms with E-state index in [1.165, 1.54) is 0 Å². The average Bonchev–Trinajstić information content (AvgIpc) is 3.00. The van der Waals surface area contributed by atoms with Gasteiger partial charge in [0.1, 0.15) is 11.6 Å². The van der Waals surface area contributed by atoms with Gasteiger partial charge in [-0.15, -0.1) is 0 Å². The van der Waals surface area contributed by atoms with E-state index in [2.05, 4.69) is 39.4 Å². The molecule has 1 amide bonds. The number of piperazine rings is 1. The van der Waals surface area contributed by atoms with E-state index in [9.17, 15) is 10.1 Å². The van der Waals surface area contributed by atoms with Crippen LogP contribution < -0.4 is 4.90 Å². The fourth-order valence-electron chi connectivity index (χ4n) is 3.57. The van der Waals surface area contributed by atoms with E-state index >= 15 is 0 Å². The first-order chi connectivity index (χ1) is 13.5. The van der Waals surface area contributed by atoms with E-state index in [1.54, 1.807) is 29.4 Å². The van der Waals surface area contributed by atoms with Gasteiger partial charge in [0.25, 0.3) is 5.91 Å². The summed E-state index contributed by atoms with van der Waals surface area (Å²) < 4.78 is 2.23. The van der Waals surface area contributed by atoms with Gasteiger partial charge in [-0.3, -0.25) is 4.79 Å². The monoisotopic (exact) mass is 378 g/mol. The van der Waals surface area contributed by atoms with E-state index in [1.807, 2.05) is 13.0 Å². The predicted molar refractivity (Wildman–Crippen MR) is 109 cm³/mol. The van der Waals surface area contributed by atoms with Crippen molar-refractivity contribution in [1.29, 1.82) is 5.26 Å². The first kappa shape index (κ1) is 19.6. The Morgan fingerprint density at radius 1 is 1.21 bits per heavy atom. The van der Waals surface area contributed by atoms with E-state index in [0.29, 0.717) is 32.1 Å². The molecule has 28 heavy (non-hydrogen) atoms. The van der Waals surface area contributed by atoms with Gasteiger partial charge in [0.05, 0.1) is 0 Å². The van der Waals surface area contributed by atoms with Crippen molar-refractivity contribution < 1.29 is 4.79 Å². The first-order valence-electron chi connectivity index (χ1n) is 9.65. The lowest BCUT2D eigenvalue weighted by Crippen LogP contribution is -2.49. The van der Waals surface area contributed by atoms with Crippen LogP contribution in [0.3, 0.4) is 0 Å². The number of hydrogen-bond acceptors (Lipinski definition) is 5. The highest BCUT2D eigenvalue weighted by atomic mass is 16.2. The predicted octanol–water partition coefficient (Wildman–Crippen LogP) is 2.56. The minimum atomic E-state index is -0.212. The summed E-state index contributed by atoms with van der Waals surface area (Å²) in [6, 6.07) is 5.93. The van der Waals surface area contributed by atoms with Gasteiger partial charge >= 0.3 is 0 Å². The minimum Gasteiger partial charge on any atom is -0.349 e. The van der Waals surface area contributed by atoms with Crippen LogP contribution >= 0.6 is 0 Å². The van der Waals surface area contributed by atoms with Crippen molar-refractivity contribution in [3.8, 4) is 6.07 Å². The summed E-state index contributed by atoms with van der Waals surface area (Å²) in [5.41, 5.74) is 3.35. The lowest BCUT2D eigenvalue weighted by molar-refractivity contribution is -0.126. The molecular weight excluding hydrogens is 352 g/mol. The standard InChI is InChI=1S/C21H26N6O/c1-4-8-27-16(2)13-18(17(27)3)14-19(15-22)20(28)25-9-11-26(12-10-25)21-23-6-5-7-24-21/h5-7,13-14H,4,8-12H2,1-3H3/b19-14+. The second-order valence-corrected chi connectivity index (χ2v) is 6.98. The number of anilines is 1. The molecule has 7 nitrogen and oxygen atoms in total. The second-order valence-electron chi connectivity index (χ2n) is 6.98. The van der Waals surface area contributed by atoms with E-state index in [4.69, 9.17) is 0 Å². The van der Waals surface area contributed by atoms with Crippen molar-refractivity contribution in [2.45, 2.75) is 33.7 Å². The van der Waals surface area contributed by atoms with Crippen LogP contribution in [-0.2, 0) is 11.3 Å². The Bertz CT molecular complexity index is 901. The number of carbonyl (C=O) groups excluding carboxylic acids is 1. The van der Waals surface area contributed by atoms with Crippen LogP contribution in [0.1, 0.15) is 30.3 Å². The normalized spacial score (nSPS) is 14.9. The third-order valence-corrected chi connectivity index (χ3v) is 5.11. The molecule has 2 aromatic rings. The molecule has 1 aliphatic rings. The molecule has 1 fully saturated rings. The van der Waals surface area contributed by atoms with Crippen LogP contribution in [-0.4, -0.2) is 51.5 Å². The first-order valence-corrected chi connectivity index (χ1v) is 9.65. The van der Waals surface area contributed by atoms with Crippen LogP contribution in [0.5, 0.6) is 0 Å². The van der Waals surface area contributed by atoms with Gasteiger partial charge in [0.15, 0.2) is 0 Å². The Kier molecular flexibility index (Phi) is 6.09. The van der Waals surface area contributed by atoms with Crippen molar-refractivity contribution >= 4 is 17.9 Å². The van der Waals surface area contributed by atoms with Gasteiger partial charge in [-0.25, -0.2) is 9.97 Å². The lowest BCUT2D eigenvalue weighted by atomic mass is 10.1. The fraction of sp³-hybridized carbons (Fsp3) is 0.429. The molecule has 2 aromatic heterocycles. The topological polar surface area (TPSA) is 78.0 Å². The summed E-state index contributed by atoms with van der Waals surface area (Å²) in [5.74, 6) is 0.463. The molecule has 0 aliphatic carbocycles. The number of carbonyl (C=O) groups is 1. The number of amides is 1. The molecule has 0 atom stereocenters.